The molecule has 0 aliphatic rings. The molecule has 62 heavy (non-hydrogen) atoms. The van der Waals surface area contributed by atoms with Crippen molar-refractivity contribution in [3.8, 4) is 73.2 Å². The lowest BCUT2D eigenvalue weighted by atomic mass is 9.93. The van der Waals surface area contributed by atoms with Gasteiger partial charge in [-0.1, -0.05) is 170 Å². The minimum absolute atomic E-state index is 0.566. The van der Waals surface area contributed by atoms with Crippen molar-refractivity contribution >= 4 is 43.7 Å². The molecule has 0 unspecified atom stereocenters. The van der Waals surface area contributed by atoms with E-state index in [2.05, 4.69) is 193 Å². The third-order valence-electron chi connectivity index (χ3n) is 11.9. The molecule has 12 aromatic rings. The number of rotatable bonds is 7. The molecule has 5 nitrogen and oxygen atoms in total. The maximum atomic E-state index is 7.16. The van der Waals surface area contributed by atoms with Crippen molar-refractivity contribution in [1.82, 2.24) is 19.5 Å². The lowest BCUT2D eigenvalue weighted by molar-refractivity contribution is 0.671. The van der Waals surface area contributed by atoms with Gasteiger partial charge < -0.3 is 8.98 Å². The molecule has 0 amide bonds. The molecule has 3 heterocycles. The van der Waals surface area contributed by atoms with Crippen molar-refractivity contribution in [2.75, 3.05) is 0 Å². The molecule has 0 aliphatic carbocycles. The van der Waals surface area contributed by atoms with Crippen LogP contribution in [0.3, 0.4) is 0 Å². The van der Waals surface area contributed by atoms with Gasteiger partial charge in [-0.15, -0.1) is 0 Å². The minimum Gasteiger partial charge on any atom is -0.455 e. The first-order chi connectivity index (χ1) is 30.7. The van der Waals surface area contributed by atoms with Crippen LogP contribution in [0, 0.1) is 0 Å². The smallest absolute Gasteiger partial charge is 0.164 e. The Kier molecular flexibility index (Phi) is 8.42. The first kappa shape index (κ1) is 35.5. The topological polar surface area (TPSA) is 56.7 Å². The van der Waals surface area contributed by atoms with Crippen LogP contribution in [-0.2, 0) is 0 Å². The van der Waals surface area contributed by atoms with E-state index in [-0.39, 0.29) is 0 Å². The van der Waals surface area contributed by atoms with Crippen molar-refractivity contribution in [1.29, 1.82) is 0 Å². The number of nitrogens with zero attached hydrogens (tertiary/aromatic N) is 4. The Morgan fingerprint density at radius 2 is 0.839 bits per heavy atom. The molecule has 0 atom stereocenters. The fourth-order valence-corrected chi connectivity index (χ4v) is 8.95. The normalized spacial score (nSPS) is 11.5. The second-order valence-corrected chi connectivity index (χ2v) is 15.6. The van der Waals surface area contributed by atoms with Crippen LogP contribution in [0.1, 0.15) is 0 Å². The van der Waals surface area contributed by atoms with Crippen molar-refractivity contribution in [2.24, 2.45) is 0 Å². The zero-order valence-corrected chi connectivity index (χ0v) is 33.5. The predicted molar refractivity (Wildman–Crippen MR) is 254 cm³/mol. The monoisotopic (exact) mass is 792 g/mol. The van der Waals surface area contributed by atoms with Gasteiger partial charge in [0, 0.05) is 55.0 Å². The van der Waals surface area contributed by atoms with Crippen LogP contribution < -0.4 is 0 Å². The van der Waals surface area contributed by atoms with E-state index in [1.165, 1.54) is 5.39 Å². The van der Waals surface area contributed by atoms with Gasteiger partial charge in [0.25, 0.3) is 0 Å². The number of furan rings is 1. The molecule has 0 radical (unpaired) electrons. The van der Waals surface area contributed by atoms with Crippen LogP contribution in [0.4, 0.5) is 0 Å². The number of aromatic nitrogens is 4. The first-order valence-corrected chi connectivity index (χ1v) is 20.9. The summed E-state index contributed by atoms with van der Waals surface area (Å²) in [6, 6.07) is 76.1. The van der Waals surface area contributed by atoms with E-state index >= 15 is 0 Å². The summed E-state index contributed by atoms with van der Waals surface area (Å²) in [5.74, 6) is 1.75. The van der Waals surface area contributed by atoms with Gasteiger partial charge in [-0.2, -0.15) is 0 Å². The maximum absolute atomic E-state index is 7.16. The Labute approximate surface area is 357 Å². The van der Waals surface area contributed by atoms with Crippen LogP contribution in [0.25, 0.3) is 117 Å². The maximum Gasteiger partial charge on any atom is 0.164 e. The number of para-hydroxylation sites is 2. The van der Waals surface area contributed by atoms with Crippen LogP contribution in [0.5, 0.6) is 0 Å². The molecule has 0 spiro atoms. The van der Waals surface area contributed by atoms with E-state index in [9.17, 15) is 0 Å². The number of hydrogen-bond donors (Lipinski definition) is 0. The molecule has 0 saturated carbocycles. The number of benzene rings is 9. The van der Waals surface area contributed by atoms with Crippen LogP contribution in [0.15, 0.2) is 223 Å². The van der Waals surface area contributed by atoms with Gasteiger partial charge in [-0.3, -0.25) is 0 Å². The summed E-state index contributed by atoms with van der Waals surface area (Å²) in [6.07, 6.45) is 0. The molecule has 0 bridgehead atoms. The number of fused-ring (bicyclic) bond motifs is 6. The highest BCUT2D eigenvalue weighted by molar-refractivity contribution is 6.19. The summed E-state index contributed by atoms with van der Waals surface area (Å²) in [6.45, 7) is 0. The Morgan fingerprint density at radius 1 is 0.306 bits per heavy atom. The largest absolute Gasteiger partial charge is 0.455 e. The molecule has 9 aromatic carbocycles. The van der Waals surface area contributed by atoms with Crippen molar-refractivity contribution in [3.63, 3.8) is 0 Å². The summed E-state index contributed by atoms with van der Waals surface area (Å²) in [7, 11) is 0. The van der Waals surface area contributed by atoms with E-state index in [0.717, 1.165) is 94.1 Å². The van der Waals surface area contributed by atoms with Gasteiger partial charge in [0.2, 0.25) is 0 Å². The second kappa shape index (κ2) is 14.7. The van der Waals surface area contributed by atoms with Crippen molar-refractivity contribution in [3.05, 3.63) is 218 Å². The third-order valence-corrected chi connectivity index (χ3v) is 11.9. The predicted octanol–water partition coefficient (Wildman–Crippen LogP) is 14.9. The van der Waals surface area contributed by atoms with E-state index in [4.69, 9.17) is 19.4 Å². The zero-order valence-electron chi connectivity index (χ0n) is 33.5. The van der Waals surface area contributed by atoms with Crippen molar-refractivity contribution < 1.29 is 4.42 Å². The van der Waals surface area contributed by atoms with E-state index in [1.54, 1.807) is 0 Å². The zero-order chi connectivity index (χ0) is 41.0. The summed E-state index contributed by atoms with van der Waals surface area (Å²) in [5, 5.41) is 4.30. The van der Waals surface area contributed by atoms with Gasteiger partial charge in [0.1, 0.15) is 11.2 Å². The van der Waals surface area contributed by atoms with Gasteiger partial charge in [-0.05, 0) is 70.8 Å². The fraction of sp³-hybridized carbons (Fsp3) is 0. The summed E-state index contributed by atoms with van der Waals surface area (Å²) in [5.41, 5.74) is 14.0. The molecule has 0 N–H and O–H groups in total. The van der Waals surface area contributed by atoms with Gasteiger partial charge in [0.05, 0.1) is 11.0 Å². The second-order valence-electron chi connectivity index (χ2n) is 15.6. The first-order valence-electron chi connectivity index (χ1n) is 20.9. The average molecular weight is 793 g/mol. The molecular formula is C57H36N4O. The Morgan fingerprint density at radius 3 is 1.53 bits per heavy atom. The molecule has 290 valence electrons. The van der Waals surface area contributed by atoms with Gasteiger partial charge in [-0.25, -0.2) is 15.0 Å². The Hall–Kier alpha value is -8.41. The minimum atomic E-state index is 0.566. The van der Waals surface area contributed by atoms with Gasteiger partial charge >= 0.3 is 0 Å². The lowest BCUT2D eigenvalue weighted by Gasteiger charge is -2.12. The van der Waals surface area contributed by atoms with Crippen LogP contribution in [-0.4, -0.2) is 19.5 Å². The Bertz CT molecular complexity index is 3600. The van der Waals surface area contributed by atoms with E-state index in [0.29, 0.717) is 17.5 Å². The summed E-state index contributed by atoms with van der Waals surface area (Å²) in [4.78, 5) is 15.9. The highest BCUT2D eigenvalue weighted by atomic mass is 16.3. The molecule has 3 aromatic heterocycles. The van der Waals surface area contributed by atoms with Crippen molar-refractivity contribution in [2.45, 2.75) is 0 Å². The van der Waals surface area contributed by atoms with Gasteiger partial charge in [0.15, 0.2) is 17.5 Å². The quantitative estimate of drug-likeness (QED) is 0.161. The highest BCUT2D eigenvalue weighted by Crippen LogP contribution is 2.46. The number of hydrogen-bond acceptors (Lipinski definition) is 4. The molecule has 0 fully saturated rings. The fourth-order valence-electron chi connectivity index (χ4n) is 8.95. The van der Waals surface area contributed by atoms with Crippen LogP contribution in [0.2, 0.25) is 0 Å². The highest BCUT2D eigenvalue weighted by Gasteiger charge is 2.24. The Balaban J connectivity index is 1.16. The third kappa shape index (κ3) is 5.98. The molecule has 5 heteroatoms. The summed E-state index contributed by atoms with van der Waals surface area (Å²) < 4.78 is 9.49. The molecule has 0 saturated heterocycles. The SMILES string of the molecule is c1ccc(-c2cc(-c3ccccc3)c3oc4c(-c5ccccc5)ccc(-c5nc(-c6ccccc6)nc(-c6ccc7c8ccccc8n(-c8ccccc8)c7c6)n5)c4c3c2)cc1. The van der Waals surface area contributed by atoms with E-state index in [1.807, 2.05) is 30.3 Å². The standard InChI is InChI=1S/C57H36N4O/c1-6-18-37(19-7-1)42-34-48(39-22-10-3-11-23-39)53-49(35-42)52-47(33-32-44(54(52)62-53)38-20-8-2-9-21-38)57-59-55(40-24-12-4-13-25-40)58-56(60-57)41-30-31-46-45-28-16-17-29-50(45)61(51(46)36-41)43-26-14-5-15-27-43/h1-36H. The molecule has 0 aliphatic heterocycles. The van der Waals surface area contributed by atoms with Crippen LogP contribution >= 0.6 is 0 Å². The van der Waals surface area contributed by atoms with E-state index < -0.39 is 0 Å². The lowest BCUT2D eigenvalue weighted by Crippen LogP contribution is -2.01. The summed E-state index contributed by atoms with van der Waals surface area (Å²) >= 11 is 0. The average Bonchev–Trinajstić information content (AvgIpc) is 3.91. The molecule has 12 rings (SSSR count). The molecular weight excluding hydrogens is 757 g/mol.